The molecule has 0 fully saturated rings. The minimum absolute atomic E-state index is 0.199. The molecule has 0 aromatic rings. The number of hydrogen-bond acceptors (Lipinski definition) is 3. The Kier molecular flexibility index (Phi) is 4.91. The van der Waals surface area contributed by atoms with Gasteiger partial charge in [0.2, 0.25) is 10.0 Å². The molecule has 0 heterocycles. The van der Waals surface area contributed by atoms with Crippen LogP contribution in [0.15, 0.2) is 0 Å². The van der Waals surface area contributed by atoms with E-state index in [0.29, 0.717) is 12.8 Å². The fourth-order valence-corrected chi connectivity index (χ4v) is 2.83. The Morgan fingerprint density at radius 1 is 1.25 bits per heavy atom. The Balaban J connectivity index is 5.29. The first-order valence-corrected chi connectivity index (χ1v) is 7.25. The Bertz CT molecular complexity index is 352. The fraction of sp³-hybridized carbons (Fsp3) is 0.900. The molecule has 0 rings (SSSR count). The summed E-state index contributed by atoms with van der Waals surface area (Å²) in [6, 6.07) is 0. The van der Waals surface area contributed by atoms with Crippen molar-refractivity contribution in [3.8, 4) is 0 Å². The summed E-state index contributed by atoms with van der Waals surface area (Å²) >= 11 is 4.97. The highest BCUT2D eigenvalue weighted by Crippen LogP contribution is 2.22. The van der Waals surface area contributed by atoms with Crippen molar-refractivity contribution in [2.24, 2.45) is 5.73 Å². The van der Waals surface area contributed by atoms with Crippen LogP contribution in [0, 0.1) is 0 Å². The van der Waals surface area contributed by atoms with E-state index in [9.17, 15) is 8.42 Å². The normalized spacial score (nSPS) is 13.8. The van der Waals surface area contributed by atoms with Gasteiger partial charge in [-0.15, -0.1) is 0 Å². The van der Waals surface area contributed by atoms with Crippen molar-refractivity contribution < 1.29 is 8.42 Å². The van der Waals surface area contributed by atoms with Crippen LogP contribution in [0.4, 0.5) is 0 Å². The van der Waals surface area contributed by atoms with E-state index in [-0.39, 0.29) is 4.99 Å². The number of nitrogens with one attached hydrogen (secondary N) is 1. The zero-order valence-electron chi connectivity index (χ0n) is 10.6. The van der Waals surface area contributed by atoms with Crippen LogP contribution in [0.2, 0.25) is 0 Å². The van der Waals surface area contributed by atoms with E-state index < -0.39 is 20.3 Å². The van der Waals surface area contributed by atoms with Crippen molar-refractivity contribution in [2.75, 3.05) is 0 Å². The number of thiocarbonyl (C=S) groups is 1. The Morgan fingerprint density at radius 2 is 1.62 bits per heavy atom. The molecule has 0 saturated carbocycles. The van der Waals surface area contributed by atoms with Crippen LogP contribution < -0.4 is 10.5 Å². The number of nitrogens with two attached hydrogens (primary N) is 1. The van der Waals surface area contributed by atoms with Gasteiger partial charge in [0.1, 0.15) is 0 Å². The predicted octanol–water partition coefficient (Wildman–Crippen LogP) is 1.55. The molecule has 0 bridgehead atoms. The van der Waals surface area contributed by atoms with Gasteiger partial charge in [-0.1, -0.05) is 26.1 Å². The lowest BCUT2D eigenvalue weighted by atomic mass is 9.94. The minimum Gasteiger partial charge on any atom is -0.392 e. The quantitative estimate of drug-likeness (QED) is 0.741. The summed E-state index contributed by atoms with van der Waals surface area (Å²) < 4.78 is 25.9. The molecule has 0 radical (unpaired) electrons. The maximum atomic E-state index is 12.1. The highest BCUT2D eigenvalue weighted by Gasteiger charge is 2.39. The molecular weight excluding hydrogens is 244 g/mol. The van der Waals surface area contributed by atoms with Gasteiger partial charge in [0.15, 0.2) is 0 Å². The highest BCUT2D eigenvalue weighted by molar-refractivity contribution is 7.91. The van der Waals surface area contributed by atoms with Crippen LogP contribution in [0.3, 0.4) is 0 Å². The van der Waals surface area contributed by atoms with Crippen molar-refractivity contribution in [2.45, 2.75) is 57.7 Å². The molecule has 0 saturated heterocycles. The van der Waals surface area contributed by atoms with E-state index in [1.54, 1.807) is 20.8 Å². The molecule has 6 heteroatoms. The molecule has 0 unspecified atom stereocenters. The second-order valence-electron chi connectivity index (χ2n) is 4.87. The standard InChI is InChI=1S/C10H22N2O2S2/c1-6-10(7-2,8(11)15)12-16(13,14)9(3,4)5/h12H,6-7H2,1-5H3,(H2,11,15). The largest absolute Gasteiger partial charge is 0.392 e. The zero-order valence-corrected chi connectivity index (χ0v) is 12.3. The fourth-order valence-electron chi connectivity index (χ4n) is 1.20. The third-order valence-corrected chi connectivity index (χ3v) is 5.48. The molecule has 16 heavy (non-hydrogen) atoms. The van der Waals surface area contributed by atoms with Crippen LogP contribution in [-0.4, -0.2) is 23.7 Å². The van der Waals surface area contributed by atoms with E-state index in [1.807, 2.05) is 13.8 Å². The van der Waals surface area contributed by atoms with Crippen LogP contribution in [0.25, 0.3) is 0 Å². The van der Waals surface area contributed by atoms with Gasteiger partial charge in [-0.05, 0) is 33.6 Å². The summed E-state index contributed by atoms with van der Waals surface area (Å²) in [7, 11) is -3.44. The summed E-state index contributed by atoms with van der Waals surface area (Å²) in [4.78, 5) is 0.199. The van der Waals surface area contributed by atoms with Crippen molar-refractivity contribution in [3.05, 3.63) is 0 Å². The second kappa shape index (κ2) is 4.98. The summed E-state index contributed by atoms with van der Waals surface area (Å²) in [6.45, 7) is 8.67. The van der Waals surface area contributed by atoms with Crippen LogP contribution >= 0.6 is 12.2 Å². The van der Waals surface area contributed by atoms with E-state index in [2.05, 4.69) is 4.72 Å². The number of rotatable bonds is 5. The third-order valence-electron chi connectivity index (χ3n) is 2.81. The number of sulfonamides is 1. The van der Waals surface area contributed by atoms with Gasteiger partial charge >= 0.3 is 0 Å². The summed E-state index contributed by atoms with van der Waals surface area (Å²) in [5, 5.41) is 0. The maximum absolute atomic E-state index is 12.1. The SMILES string of the molecule is CCC(CC)(NS(=O)(=O)C(C)(C)C)C(N)=S. The van der Waals surface area contributed by atoms with E-state index in [1.165, 1.54) is 0 Å². The maximum Gasteiger partial charge on any atom is 0.217 e. The van der Waals surface area contributed by atoms with Crippen molar-refractivity contribution in [1.82, 2.24) is 4.72 Å². The topological polar surface area (TPSA) is 72.2 Å². The molecule has 0 aromatic heterocycles. The van der Waals surface area contributed by atoms with Gasteiger partial charge in [-0.25, -0.2) is 13.1 Å². The van der Waals surface area contributed by atoms with E-state index in [0.717, 1.165) is 0 Å². The van der Waals surface area contributed by atoms with Gasteiger partial charge in [0, 0.05) is 0 Å². The first kappa shape index (κ1) is 15.8. The van der Waals surface area contributed by atoms with Crippen LogP contribution in [0.5, 0.6) is 0 Å². The minimum atomic E-state index is -3.44. The molecule has 3 N–H and O–H groups in total. The first-order valence-electron chi connectivity index (χ1n) is 5.36. The number of hydrogen-bond donors (Lipinski definition) is 2. The molecule has 0 aliphatic rings. The van der Waals surface area contributed by atoms with Crippen LogP contribution in [-0.2, 0) is 10.0 Å². The van der Waals surface area contributed by atoms with Gasteiger partial charge in [0.25, 0.3) is 0 Å². The monoisotopic (exact) mass is 266 g/mol. The average molecular weight is 266 g/mol. The smallest absolute Gasteiger partial charge is 0.217 e. The lowest BCUT2D eigenvalue weighted by molar-refractivity contribution is 0.453. The second-order valence-corrected chi connectivity index (χ2v) is 7.75. The third kappa shape index (κ3) is 3.15. The van der Waals surface area contributed by atoms with Gasteiger partial charge in [0.05, 0.1) is 15.3 Å². The molecule has 0 aliphatic heterocycles. The molecule has 0 amide bonds. The molecule has 4 nitrogen and oxygen atoms in total. The first-order chi connectivity index (χ1) is 7.02. The lowest BCUT2D eigenvalue weighted by Gasteiger charge is -2.34. The molecule has 0 aromatic carbocycles. The van der Waals surface area contributed by atoms with Gasteiger partial charge in [-0.2, -0.15) is 0 Å². The average Bonchev–Trinajstić information content (AvgIpc) is 2.12. The zero-order chi connectivity index (χ0) is 13.2. The Morgan fingerprint density at radius 3 is 1.81 bits per heavy atom. The molecule has 96 valence electrons. The van der Waals surface area contributed by atoms with Crippen LogP contribution in [0.1, 0.15) is 47.5 Å². The Hall–Kier alpha value is -0.200. The van der Waals surface area contributed by atoms with E-state index >= 15 is 0 Å². The molecule has 0 spiro atoms. The molecular formula is C10H22N2O2S2. The predicted molar refractivity (Wildman–Crippen MR) is 71.9 cm³/mol. The summed E-state index contributed by atoms with van der Waals surface area (Å²) in [5.41, 5.74) is 4.84. The van der Waals surface area contributed by atoms with Crippen molar-refractivity contribution >= 4 is 27.2 Å². The van der Waals surface area contributed by atoms with E-state index in [4.69, 9.17) is 18.0 Å². The van der Waals surface area contributed by atoms with Gasteiger partial charge in [-0.3, -0.25) is 0 Å². The summed E-state index contributed by atoms with van der Waals surface area (Å²) in [5.74, 6) is 0. The van der Waals surface area contributed by atoms with Crippen molar-refractivity contribution in [1.29, 1.82) is 0 Å². The summed E-state index contributed by atoms with van der Waals surface area (Å²) in [6.07, 6.45) is 1.10. The highest BCUT2D eigenvalue weighted by atomic mass is 32.2. The lowest BCUT2D eigenvalue weighted by Crippen LogP contribution is -2.59. The van der Waals surface area contributed by atoms with Gasteiger partial charge < -0.3 is 5.73 Å². The Labute approximate surface area is 104 Å². The molecule has 0 aliphatic carbocycles. The molecule has 0 atom stereocenters. The van der Waals surface area contributed by atoms with Crippen molar-refractivity contribution in [3.63, 3.8) is 0 Å².